The average molecular weight is 240 g/mol. The summed E-state index contributed by atoms with van der Waals surface area (Å²) < 4.78 is 0. The van der Waals surface area contributed by atoms with Gasteiger partial charge in [-0.15, -0.1) is 0 Å². The number of nitrogens with two attached hydrogens (primary N) is 1. The molecule has 1 atom stereocenters. The minimum Gasteiger partial charge on any atom is -0.399 e. The minimum absolute atomic E-state index is 0.478. The Kier molecular flexibility index (Phi) is 3.54. The van der Waals surface area contributed by atoms with Gasteiger partial charge < -0.3 is 10.6 Å². The van der Waals surface area contributed by atoms with Crippen LogP contribution in [0.1, 0.15) is 32.6 Å². The summed E-state index contributed by atoms with van der Waals surface area (Å²) >= 11 is 5.94. The summed E-state index contributed by atoms with van der Waals surface area (Å²) in [7, 11) is 0. The number of hydrogen-bond donors (Lipinski definition) is 1. The average Bonchev–Trinajstić information content (AvgIpc) is 2.41. The quantitative estimate of drug-likeness (QED) is 0.766. The van der Waals surface area contributed by atoms with E-state index in [0.29, 0.717) is 16.9 Å². The molecule has 1 saturated heterocycles. The van der Waals surface area contributed by atoms with Crippen LogP contribution in [-0.2, 0) is 0 Å². The molecule has 1 aliphatic rings. The van der Waals surface area contributed by atoms with Crippen LogP contribution in [0.25, 0.3) is 0 Å². The van der Waals surface area contributed by atoms with E-state index < -0.39 is 0 Å². The molecule has 0 saturated carbocycles. The fraction of sp³-hybridized carbons (Fsp3) is 0.583. The molecule has 16 heavy (non-hydrogen) atoms. The van der Waals surface area contributed by atoms with Gasteiger partial charge in [0.2, 0.25) is 0 Å². The van der Waals surface area contributed by atoms with Crippen LogP contribution in [0, 0.1) is 0 Å². The van der Waals surface area contributed by atoms with Crippen molar-refractivity contribution in [3.63, 3.8) is 0 Å². The number of pyridine rings is 1. The highest BCUT2D eigenvalue weighted by Crippen LogP contribution is 2.25. The number of halogens is 1. The predicted octanol–water partition coefficient (Wildman–Crippen LogP) is 3.09. The Bertz CT molecular complexity index is 347. The third-order valence-corrected chi connectivity index (χ3v) is 3.34. The second kappa shape index (κ2) is 4.91. The molecule has 2 heterocycles. The second-order valence-electron chi connectivity index (χ2n) is 4.47. The Morgan fingerprint density at radius 1 is 1.38 bits per heavy atom. The first-order valence-corrected chi connectivity index (χ1v) is 6.24. The third kappa shape index (κ3) is 2.59. The zero-order chi connectivity index (χ0) is 11.5. The molecular formula is C12H18ClN3. The number of nitrogens with zero attached hydrogens (tertiary/aromatic N) is 2. The molecule has 3 nitrogen and oxygen atoms in total. The molecule has 1 aromatic heterocycles. The number of rotatable bonds is 1. The fourth-order valence-corrected chi connectivity index (χ4v) is 2.48. The van der Waals surface area contributed by atoms with Crippen LogP contribution in [0.15, 0.2) is 12.1 Å². The van der Waals surface area contributed by atoms with Crippen LogP contribution in [0.5, 0.6) is 0 Å². The van der Waals surface area contributed by atoms with E-state index in [4.69, 9.17) is 17.3 Å². The van der Waals surface area contributed by atoms with Crippen molar-refractivity contribution in [3.8, 4) is 0 Å². The Morgan fingerprint density at radius 2 is 2.19 bits per heavy atom. The van der Waals surface area contributed by atoms with Crippen molar-refractivity contribution in [1.29, 1.82) is 0 Å². The van der Waals surface area contributed by atoms with Crippen molar-refractivity contribution >= 4 is 23.1 Å². The van der Waals surface area contributed by atoms with Crippen molar-refractivity contribution < 1.29 is 0 Å². The topological polar surface area (TPSA) is 42.1 Å². The number of aromatic nitrogens is 1. The Morgan fingerprint density at radius 3 is 2.94 bits per heavy atom. The molecule has 0 aromatic carbocycles. The van der Waals surface area contributed by atoms with Gasteiger partial charge in [0.15, 0.2) is 0 Å². The zero-order valence-corrected chi connectivity index (χ0v) is 10.4. The molecule has 1 aliphatic heterocycles. The molecule has 0 radical (unpaired) electrons. The molecule has 88 valence electrons. The van der Waals surface area contributed by atoms with Gasteiger partial charge in [-0.2, -0.15) is 0 Å². The van der Waals surface area contributed by atoms with E-state index >= 15 is 0 Å². The van der Waals surface area contributed by atoms with E-state index in [9.17, 15) is 0 Å². The van der Waals surface area contributed by atoms with Gasteiger partial charge in [0.05, 0.1) is 0 Å². The van der Waals surface area contributed by atoms with E-state index in [-0.39, 0.29) is 0 Å². The highest BCUT2D eigenvalue weighted by atomic mass is 35.5. The summed E-state index contributed by atoms with van der Waals surface area (Å²) in [6, 6.07) is 4.12. The molecule has 0 bridgehead atoms. The van der Waals surface area contributed by atoms with Gasteiger partial charge in [0.25, 0.3) is 0 Å². The van der Waals surface area contributed by atoms with E-state index in [1.807, 2.05) is 6.07 Å². The van der Waals surface area contributed by atoms with Crippen molar-refractivity contribution in [1.82, 2.24) is 4.98 Å². The van der Waals surface area contributed by atoms with Crippen LogP contribution in [-0.4, -0.2) is 17.6 Å². The second-order valence-corrected chi connectivity index (χ2v) is 4.86. The van der Waals surface area contributed by atoms with E-state index in [1.165, 1.54) is 25.7 Å². The van der Waals surface area contributed by atoms with Crippen LogP contribution in [0.4, 0.5) is 11.5 Å². The van der Waals surface area contributed by atoms with Gasteiger partial charge in [-0.25, -0.2) is 4.98 Å². The maximum atomic E-state index is 5.94. The van der Waals surface area contributed by atoms with Crippen molar-refractivity contribution in [2.24, 2.45) is 0 Å². The lowest BCUT2D eigenvalue weighted by atomic mass is 10.1. The first-order valence-electron chi connectivity index (χ1n) is 5.86. The third-order valence-electron chi connectivity index (χ3n) is 3.15. The molecule has 0 aliphatic carbocycles. The highest BCUT2D eigenvalue weighted by Gasteiger charge is 2.18. The van der Waals surface area contributed by atoms with Crippen LogP contribution >= 0.6 is 11.6 Å². The van der Waals surface area contributed by atoms with Crippen molar-refractivity contribution in [3.05, 3.63) is 17.3 Å². The Labute approximate surface area is 102 Å². The molecule has 0 amide bonds. The summed E-state index contributed by atoms with van der Waals surface area (Å²) in [5, 5.41) is 0.478. The zero-order valence-electron chi connectivity index (χ0n) is 9.62. The minimum atomic E-state index is 0.478. The number of nitrogen functional groups attached to an aromatic ring is 1. The Hall–Kier alpha value is -0.960. The van der Waals surface area contributed by atoms with Gasteiger partial charge >= 0.3 is 0 Å². The predicted molar refractivity (Wildman–Crippen MR) is 68.9 cm³/mol. The van der Waals surface area contributed by atoms with Gasteiger partial charge in [-0.1, -0.05) is 24.4 Å². The maximum absolute atomic E-state index is 5.94. The van der Waals surface area contributed by atoms with Crippen LogP contribution in [0.3, 0.4) is 0 Å². The molecular weight excluding hydrogens is 222 g/mol. The summed E-state index contributed by atoms with van der Waals surface area (Å²) in [4.78, 5) is 6.68. The van der Waals surface area contributed by atoms with E-state index in [0.717, 1.165) is 12.4 Å². The van der Waals surface area contributed by atoms with Gasteiger partial charge in [-0.3, -0.25) is 0 Å². The molecule has 1 aromatic rings. The highest BCUT2D eigenvalue weighted by molar-refractivity contribution is 6.29. The van der Waals surface area contributed by atoms with Crippen molar-refractivity contribution in [2.75, 3.05) is 17.2 Å². The lowest BCUT2D eigenvalue weighted by molar-refractivity contribution is 0.611. The SMILES string of the molecule is CC1CCCCCN1c1cc(N)cc(Cl)n1. The lowest BCUT2D eigenvalue weighted by Gasteiger charge is -2.28. The number of anilines is 2. The molecule has 4 heteroatoms. The standard InChI is InChI=1S/C12H18ClN3/c1-9-5-3-2-4-6-16(9)12-8-10(14)7-11(13)15-12/h7-9H,2-6H2,1H3,(H2,14,15). The monoisotopic (exact) mass is 239 g/mol. The summed E-state index contributed by atoms with van der Waals surface area (Å²) in [5.74, 6) is 0.916. The fourth-order valence-electron chi connectivity index (χ4n) is 2.26. The van der Waals surface area contributed by atoms with Crippen molar-refractivity contribution in [2.45, 2.75) is 38.6 Å². The normalized spacial score (nSPS) is 21.9. The largest absolute Gasteiger partial charge is 0.399 e. The van der Waals surface area contributed by atoms with E-state index in [2.05, 4.69) is 16.8 Å². The maximum Gasteiger partial charge on any atom is 0.133 e. The summed E-state index contributed by atoms with van der Waals surface area (Å²) in [5.41, 5.74) is 6.49. The smallest absolute Gasteiger partial charge is 0.133 e. The lowest BCUT2D eigenvalue weighted by Crippen LogP contribution is -2.33. The Balaban J connectivity index is 2.26. The summed E-state index contributed by atoms with van der Waals surface area (Å²) in [6.07, 6.45) is 5.04. The van der Waals surface area contributed by atoms with Gasteiger partial charge in [0.1, 0.15) is 11.0 Å². The molecule has 1 fully saturated rings. The number of hydrogen-bond acceptors (Lipinski definition) is 3. The van der Waals surface area contributed by atoms with Gasteiger partial charge in [-0.05, 0) is 25.8 Å². The van der Waals surface area contributed by atoms with Crippen LogP contribution < -0.4 is 10.6 Å². The molecule has 2 N–H and O–H groups in total. The first-order chi connectivity index (χ1) is 7.66. The van der Waals surface area contributed by atoms with Crippen LogP contribution in [0.2, 0.25) is 5.15 Å². The summed E-state index contributed by atoms with van der Waals surface area (Å²) in [6.45, 7) is 3.29. The van der Waals surface area contributed by atoms with Gasteiger partial charge in [0, 0.05) is 24.3 Å². The first kappa shape index (κ1) is 11.5. The molecule has 0 spiro atoms. The van der Waals surface area contributed by atoms with E-state index in [1.54, 1.807) is 6.07 Å². The molecule has 2 rings (SSSR count). The molecule has 1 unspecified atom stereocenters.